The van der Waals surface area contributed by atoms with Crippen LogP contribution in [0.3, 0.4) is 0 Å². The van der Waals surface area contributed by atoms with E-state index in [1.54, 1.807) is 4.90 Å². The molecule has 0 spiro atoms. The van der Waals surface area contributed by atoms with Gasteiger partial charge in [-0.25, -0.2) is 0 Å². The van der Waals surface area contributed by atoms with Crippen molar-refractivity contribution in [3.8, 4) is 0 Å². The fourth-order valence-electron chi connectivity index (χ4n) is 2.23. The van der Waals surface area contributed by atoms with Gasteiger partial charge in [-0.2, -0.15) is 0 Å². The van der Waals surface area contributed by atoms with Gasteiger partial charge >= 0.3 is 0 Å². The summed E-state index contributed by atoms with van der Waals surface area (Å²) in [6.07, 6.45) is 2.48. The number of amides is 2. The highest BCUT2D eigenvalue weighted by Gasteiger charge is 2.26. The number of rotatable bonds is 4. The summed E-state index contributed by atoms with van der Waals surface area (Å²) < 4.78 is 5.04. The molecule has 1 atom stereocenters. The Labute approximate surface area is 95.3 Å². The van der Waals surface area contributed by atoms with Crippen LogP contribution in [0.4, 0.5) is 0 Å². The molecule has 16 heavy (non-hydrogen) atoms. The first-order chi connectivity index (χ1) is 7.68. The molecule has 2 saturated heterocycles. The highest BCUT2D eigenvalue weighted by molar-refractivity contribution is 5.79. The third kappa shape index (κ3) is 2.35. The van der Waals surface area contributed by atoms with Crippen LogP contribution in [0.2, 0.25) is 0 Å². The Kier molecular flexibility index (Phi) is 3.43. The first kappa shape index (κ1) is 11.4. The van der Waals surface area contributed by atoms with Gasteiger partial charge < -0.3 is 14.5 Å². The van der Waals surface area contributed by atoms with Crippen LogP contribution >= 0.6 is 0 Å². The summed E-state index contributed by atoms with van der Waals surface area (Å²) in [6, 6.07) is 0.225. The lowest BCUT2D eigenvalue weighted by Crippen LogP contribution is -2.37. The van der Waals surface area contributed by atoms with Crippen LogP contribution in [0, 0.1) is 0 Å². The molecule has 2 heterocycles. The monoisotopic (exact) mass is 226 g/mol. The van der Waals surface area contributed by atoms with Crippen LogP contribution in [0.25, 0.3) is 0 Å². The molecule has 0 aromatic heterocycles. The van der Waals surface area contributed by atoms with Crippen molar-refractivity contribution in [2.75, 3.05) is 26.4 Å². The van der Waals surface area contributed by atoms with Crippen molar-refractivity contribution in [3.05, 3.63) is 0 Å². The Bertz CT molecular complexity index is 293. The number of hydrogen-bond donors (Lipinski definition) is 0. The smallest absolute Gasteiger partial charge is 0.250 e. The molecule has 5 heteroatoms. The van der Waals surface area contributed by atoms with E-state index in [2.05, 4.69) is 0 Å². The van der Waals surface area contributed by atoms with Crippen molar-refractivity contribution in [2.24, 2.45) is 0 Å². The van der Waals surface area contributed by atoms with E-state index in [4.69, 9.17) is 4.74 Å². The molecule has 2 amide bonds. The summed E-state index contributed by atoms with van der Waals surface area (Å²) in [5.41, 5.74) is 0. The van der Waals surface area contributed by atoms with Gasteiger partial charge in [-0.05, 0) is 19.8 Å². The fourth-order valence-corrected chi connectivity index (χ4v) is 2.23. The molecular weight excluding hydrogens is 208 g/mol. The first-order valence-electron chi connectivity index (χ1n) is 5.83. The van der Waals surface area contributed by atoms with Crippen LogP contribution in [0.15, 0.2) is 0 Å². The van der Waals surface area contributed by atoms with Crippen LogP contribution in [0.5, 0.6) is 0 Å². The summed E-state index contributed by atoms with van der Waals surface area (Å²) in [4.78, 5) is 26.4. The molecule has 90 valence electrons. The third-order valence-corrected chi connectivity index (χ3v) is 3.28. The van der Waals surface area contributed by atoms with E-state index in [1.165, 1.54) is 0 Å². The summed E-state index contributed by atoms with van der Waals surface area (Å²) in [6.45, 7) is 4.20. The van der Waals surface area contributed by atoms with E-state index in [0.717, 1.165) is 19.4 Å². The second-order valence-corrected chi connectivity index (χ2v) is 4.46. The van der Waals surface area contributed by atoms with Crippen molar-refractivity contribution in [1.29, 1.82) is 0 Å². The molecule has 2 aliphatic heterocycles. The van der Waals surface area contributed by atoms with Crippen LogP contribution in [-0.4, -0.2) is 54.1 Å². The number of nitrogens with zero attached hydrogens (tertiary/aromatic N) is 2. The van der Waals surface area contributed by atoms with Crippen molar-refractivity contribution in [3.63, 3.8) is 0 Å². The maximum absolute atomic E-state index is 11.5. The normalized spacial score (nSPS) is 23.3. The lowest BCUT2D eigenvalue weighted by atomic mass is 10.2. The summed E-state index contributed by atoms with van der Waals surface area (Å²) >= 11 is 0. The Balaban J connectivity index is 1.76. The first-order valence-corrected chi connectivity index (χ1v) is 5.83. The zero-order valence-corrected chi connectivity index (χ0v) is 9.65. The van der Waals surface area contributed by atoms with Gasteiger partial charge in [-0.3, -0.25) is 9.59 Å². The second-order valence-electron chi connectivity index (χ2n) is 4.46. The van der Waals surface area contributed by atoms with Gasteiger partial charge in [0.25, 0.3) is 0 Å². The van der Waals surface area contributed by atoms with E-state index in [1.807, 2.05) is 11.8 Å². The molecule has 2 rings (SSSR count). The predicted molar refractivity (Wildman–Crippen MR) is 57.6 cm³/mol. The summed E-state index contributed by atoms with van der Waals surface area (Å²) in [7, 11) is 0. The molecular formula is C11H18N2O3. The fraction of sp³-hybridized carbons (Fsp3) is 0.818. The summed E-state index contributed by atoms with van der Waals surface area (Å²) in [5, 5.41) is 0. The van der Waals surface area contributed by atoms with Crippen molar-refractivity contribution in [2.45, 2.75) is 32.2 Å². The number of likely N-dealkylation sites (tertiary alicyclic amines) is 1. The van der Waals surface area contributed by atoms with E-state index in [9.17, 15) is 9.59 Å². The molecule has 0 radical (unpaired) electrons. The SMILES string of the molecule is CC(CCN1COCC1=O)N1CCCC1=O. The Morgan fingerprint density at radius 2 is 2.19 bits per heavy atom. The van der Waals surface area contributed by atoms with Gasteiger partial charge in [0.1, 0.15) is 13.3 Å². The van der Waals surface area contributed by atoms with Gasteiger partial charge in [-0.15, -0.1) is 0 Å². The lowest BCUT2D eigenvalue weighted by molar-refractivity contribution is -0.129. The minimum absolute atomic E-state index is 0.0555. The third-order valence-electron chi connectivity index (χ3n) is 3.28. The van der Waals surface area contributed by atoms with Crippen LogP contribution in [-0.2, 0) is 14.3 Å². The molecule has 0 aliphatic carbocycles. The zero-order valence-electron chi connectivity index (χ0n) is 9.65. The van der Waals surface area contributed by atoms with Crippen molar-refractivity contribution >= 4 is 11.8 Å². The molecule has 0 bridgehead atoms. The molecule has 5 nitrogen and oxygen atoms in total. The van der Waals surface area contributed by atoms with E-state index >= 15 is 0 Å². The van der Waals surface area contributed by atoms with Gasteiger partial charge in [0.15, 0.2) is 0 Å². The molecule has 0 aromatic rings. The van der Waals surface area contributed by atoms with Gasteiger partial charge in [0.2, 0.25) is 11.8 Å². The molecule has 2 aliphatic rings. The summed E-state index contributed by atoms with van der Waals surface area (Å²) in [5.74, 6) is 0.302. The quantitative estimate of drug-likeness (QED) is 0.688. The average molecular weight is 226 g/mol. The lowest BCUT2D eigenvalue weighted by Gasteiger charge is -2.25. The van der Waals surface area contributed by atoms with E-state index in [-0.39, 0.29) is 24.5 Å². The largest absolute Gasteiger partial charge is 0.351 e. The average Bonchev–Trinajstić information content (AvgIpc) is 2.84. The van der Waals surface area contributed by atoms with Gasteiger partial charge in [0.05, 0.1) is 0 Å². The predicted octanol–water partition coefficient (Wildman–Crippen LogP) is 0.204. The number of carbonyl (C=O) groups is 2. The van der Waals surface area contributed by atoms with Crippen molar-refractivity contribution < 1.29 is 14.3 Å². The maximum Gasteiger partial charge on any atom is 0.250 e. The maximum atomic E-state index is 11.5. The van der Waals surface area contributed by atoms with E-state index < -0.39 is 0 Å². The Hall–Kier alpha value is -1.10. The molecule has 2 fully saturated rings. The minimum atomic E-state index is 0.0555. The number of hydrogen-bond acceptors (Lipinski definition) is 3. The zero-order chi connectivity index (χ0) is 11.5. The minimum Gasteiger partial charge on any atom is -0.351 e. The van der Waals surface area contributed by atoms with Gasteiger partial charge in [-0.1, -0.05) is 0 Å². The molecule has 0 aromatic carbocycles. The molecule has 1 unspecified atom stereocenters. The van der Waals surface area contributed by atoms with Gasteiger partial charge in [0, 0.05) is 25.6 Å². The molecule has 0 N–H and O–H groups in total. The van der Waals surface area contributed by atoms with E-state index in [0.29, 0.717) is 19.7 Å². The topological polar surface area (TPSA) is 49.9 Å². The van der Waals surface area contributed by atoms with Crippen LogP contribution < -0.4 is 0 Å². The van der Waals surface area contributed by atoms with Crippen molar-refractivity contribution in [1.82, 2.24) is 9.80 Å². The van der Waals surface area contributed by atoms with Crippen LogP contribution in [0.1, 0.15) is 26.2 Å². The highest BCUT2D eigenvalue weighted by Crippen LogP contribution is 2.16. The Morgan fingerprint density at radius 3 is 2.75 bits per heavy atom. The second kappa shape index (κ2) is 4.82. The standard InChI is InChI=1S/C11H18N2O3/c1-9(13-5-2-3-10(13)14)4-6-12-8-16-7-11(12)15/h9H,2-8H2,1H3. The highest BCUT2D eigenvalue weighted by atomic mass is 16.5. The Morgan fingerprint density at radius 1 is 1.38 bits per heavy atom. The molecule has 0 saturated carbocycles. The number of carbonyl (C=O) groups excluding carboxylic acids is 2. The number of ether oxygens (including phenoxy) is 1.